The van der Waals surface area contributed by atoms with Gasteiger partial charge in [-0.25, -0.2) is 0 Å². The van der Waals surface area contributed by atoms with Crippen molar-refractivity contribution < 1.29 is 17.3 Å². The molecular weight excluding hydrogens is 360 g/mol. The number of hydrogen-bond acceptors (Lipinski definition) is 4. The molecule has 4 nitrogen and oxygen atoms in total. The molecule has 0 radical (unpaired) electrons. The summed E-state index contributed by atoms with van der Waals surface area (Å²) in [5.41, 5.74) is 8.48. The van der Waals surface area contributed by atoms with Gasteiger partial charge in [0.2, 0.25) is 0 Å². The Hall–Kier alpha value is -1.69. The second-order valence-electron chi connectivity index (χ2n) is 7.28. The van der Waals surface area contributed by atoms with Gasteiger partial charge in [-0.05, 0) is 68.4 Å². The molecule has 0 spiro atoms. The van der Waals surface area contributed by atoms with Crippen molar-refractivity contribution in [1.82, 2.24) is 0 Å². The van der Waals surface area contributed by atoms with E-state index in [0.717, 1.165) is 29.4 Å². The van der Waals surface area contributed by atoms with Gasteiger partial charge in [0, 0.05) is 0 Å². The summed E-state index contributed by atoms with van der Waals surface area (Å²) in [6.45, 7) is 9.81. The number of ether oxygens (including phenoxy) is 1. The molecule has 0 N–H and O–H groups in total. The lowest BCUT2D eigenvalue weighted by Gasteiger charge is -2.13. The lowest BCUT2D eigenvalue weighted by atomic mass is 9.98. The molecule has 0 aliphatic carbocycles. The number of hydrogen-bond donors (Lipinski definition) is 0. The van der Waals surface area contributed by atoms with Crippen LogP contribution in [0.25, 0.3) is 0 Å². The monoisotopic (exact) mass is 390 g/mol. The molecule has 0 aromatic heterocycles. The smallest absolute Gasteiger partial charge is 0.264 e. The quantitative estimate of drug-likeness (QED) is 0.476. The van der Waals surface area contributed by atoms with Crippen molar-refractivity contribution in [2.75, 3.05) is 19.5 Å². The van der Waals surface area contributed by atoms with Gasteiger partial charge < -0.3 is 4.74 Å². The van der Waals surface area contributed by atoms with E-state index in [9.17, 15) is 8.42 Å². The van der Waals surface area contributed by atoms with Crippen LogP contribution in [0.15, 0.2) is 30.3 Å². The molecule has 0 amide bonds. The number of rotatable bonds is 9. The van der Waals surface area contributed by atoms with E-state index in [2.05, 4.69) is 58.0 Å². The van der Waals surface area contributed by atoms with E-state index in [-0.39, 0.29) is 6.61 Å². The molecule has 0 atom stereocenters. The largest absolute Gasteiger partial charge is 0.376 e. The Balaban J connectivity index is 1.89. The summed E-state index contributed by atoms with van der Waals surface area (Å²) < 4.78 is 32.9. The van der Waals surface area contributed by atoms with E-state index < -0.39 is 10.1 Å². The molecule has 2 aromatic carbocycles. The second kappa shape index (κ2) is 9.49. The third-order valence-corrected chi connectivity index (χ3v) is 5.10. The van der Waals surface area contributed by atoms with Crippen molar-refractivity contribution >= 4 is 10.1 Å². The minimum Gasteiger partial charge on any atom is -0.376 e. The average Bonchev–Trinajstić information content (AvgIpc) is 2.51. The normalized spacial score (nSPS) is 11.7. The molecule has 0 unspecified atom stereocenters. The average molecular weight is 391 g/mol. The molecule has 0 bridgehead atoms. The lowest BCUT2D eigenvalue weighted by molar-refractivity contribution is 0.123. The molecule has 27 heavy (non-hydrogen) atoms. The topological polar surface area (TPSA) is 52.6 Å². The zero-order chi connectivity index (χ0) is 20.0. The maximum Gasteiger partial charge on any atom is 0.264 e. The minimum absolute atomic E-state index is 0.170. The van der Waals surface area contributed by atoms with Gasteiger partial charge in [0.1, 0.15) is 0 Å². The van der Waals surface area contributed by atoms with E-state index >= 15 is 0 Å². The Kier molecular flexibility index (Phi) is 7.59. The van der Waals surface area contributed by atoms with Crippen molar-refractivity contribution in [3.63, 3.8) is 0 Å². The van der Waals surface area contributed by atoms with Crippen LogP contribution in [-0.4, -0.2) is 27.9 Å². The third kappa shape index (κ3) is 7.45. The summed E-state index contributed by atoms with van der Waals surface area (Å²) in [4.78, 5) is 0. The highest BCUT2D eigenvalue weighted by atomic mass is 32.2. The summed E-state index contributed by atoms with van der Waals surface area (Å²) in [5, 5.41) is 0. The highest BCUT2D eigenvalue weighted by Gasteiger charge is 2.08. The van der Waals surface area contributed by atoms with Gasteiger partial charge in [-0.1, -0.05) is 41.5 Å². The molecule has 0 saturated carbocycles. The number of benzene rings is 2. The zero-order valence-electron chi connectivity index (χ0n) is 17.0. The Labute approximate surface area is 163 Å². The fraction of sp³-hybridized carbons (Fsp3) is 0.455. The first-order valence-corrected chi connectivity index (χ1v) is 11.0. The van der Waals surface area contributed by atoms with Crippen LogP contribution >= 0.6 is 0 Å². The van der Waals surface area contributed by atoms with E-state index in [1.807, 2.05) is 0 Å². The van der Waals surface area contributed by atoms with Gasteiger partial charge in [0.05, 0.1) is 26.1 Å². The van der Waals surface area contributed by atoms with Crippen molar-refractivity contribution in [3.05, 3.63) is 69.3 Å². The Bertz CT molecular complexity index is 842. The summed E-state index contributed by atoms with van der Waals surface area (Å²) >= 11 is 0. The van der Waals surface area contributed by atoms with Crippen LogP contribution in [0.1, 0.15) is 38.9 Å². The van der Waals surface area contributed by atoms with Crippen LogP contribution in [0, 0.1) is 27.7 Å². The second-order valence-corrected chi connectivity index (χ2v) is 8.93. The van der Waals surface area contributed by atoms with E-state index in [0.29, 0.717) is 19.6 Å². The van der Waals surface area contributed by atoms with Crippen molar-refractivity contribution in [2.45, 2.75) is 47.1 Å². The lowest BCUT2D eigenvalue weighted by Crippen LogP contribution is -2.07. The Morgan fingerprint density at radius 3 is 1.85 bits per heavy atom. The first-order valence-electron chi connectivity index (χ1n) is 9.22. The summed E-state index contributed by atoms with van der Waals surface area (Å²) in [7, 11) is -3.39. The summed E-state index contributed by atoms with van der Waals surface area (Å²) in [5.74, 6) is 0. The van der Waals surface area contributed by atoms with Gasteiger partial charge in [-0.2, -0.15) is 8.42 Å². The molecular formula is C22H30O4S. The van der Waals surface area contributed by atoms with Crippen LogP contribution in [-0.2, 0) is 38.5 Å². The highest BCUT2D eigenvalue weighted by molar-refractivity contribution is 7.85. The van der Waals surface area contributed by atoms with Crippen LogP contribution < -0.4 is 0 Å². The van der Waals surface area contributed by atoms with Crippen molar-refractivity contribution in [3.8, 4) is 0 Å². The maximum atomic E-state index is 11.1. The van der Waals surface area contributed by atoms with Crippen molar-refractivity contribution in [2.24, 2.45) is 0 Å². The molecule has 2 rings (SSSR count). The molecule has 5 heteroatoms. The molecule has 0 saturated heterocycles. The Morgan fingerprint density at radius 2 is 1.30 bits per heavy atom. The van der Waals surface area contributed by atoms with Gasteiger partial charge in [-0.3, -0.25) is 4.18 Å². The zero-order valence-corrected chi connectivity index (χ0v) is 17.8. The van der Waals surface area contributed by atoms with E-state index in [1.54, 1.807) is 0 Å². The molecule has 0 aliphatic rings. The Morgan fingerprint density at radius 1 is 0.778 bits per heavy atom. The predicted octanol–water partition coefficient (Wildman–Crippen LogP) is 4.20. The van der Waals surface area contributed by atoms with Crippen molar-refractivity contribution in [1.29, 1.82) is 0 Å². The van der Waals surface area contributed by atoms with Crippen LogP contribution in [0.2, 0.25) is 0 Å². The third-order valence-electron chi connectivity index (χ3n) is 4.51. The molecule has 0 heterocycles. The first kappa shape index (κ1) is 21.6. The van der Waals surface area contributed by atoms with Gasteiger partial charge in [0.15, 0.2) is 0 Å². The highest BCUT2D eigenvalue weighted by Crippen LogP contribution is 2.19. The van der Waals surface area contributed by atoms with E-state index in [4.69, 9.17) is 8.92 Å². The SMILES string of the molecule is Cc1cc(C)cc(CCOCc2c(C)cc(CCOS(C)(=O)=O)cc2C)c1. The standard InChI is InChI=1S/C22H30O4S/c1-16-10-17(2)12-20(11-16)6-8-25-15-22-18(3)13-21(14-19(22)4)7-9-26-27(5,23)24/h10-14H,6-9,15H2,1-5H3. The van der Waals surface area contributed by atoms with Gasteiger partial charge >= 0.3 is 0 Å². The minimum atomic E-state index is -3.39. The molecule has 148 valence electrons. The van der Waals surface area contributed by atoms with Crippen LogP contribution in [0.4, 0.5) is 0 Å². The van der Waals surface area contributed by atoms with E-state index in [1.165, 1.54) is 22.3 Å². The maximum absolute atomic E-state index is 11.1. The molecule has 2 aromatic rings. The van der Waals surface area contributed by atoms with Crippen LogP contribution in [0.3, 0.4) is 0 Å². The molecule has 0 fully saturated rings. The van der Waals surface area contributed by atoms with Gasteiger partial charge in [0.25, 0.3) is 10.1 Å². The summed E-state index contributed by atoms with van der Waals surface area (Å²) in [6.07, 6.45) is 2.55. The first-order chi connectivity index (χ1) is 12.6. The molecule has 0 aliphatic heterocycles. The van der Waals surface area contributed by atoms with Gasteiger partial charge in [-0.15, -0.1) is 0 Å². The summed E-state index contributed by atoms with van der Waals surface area (Å²) in [6, 6.07) is 10.8. The fourth-order valence-electron chi connectivity index (χ4n) is 3.34. The van der Waals surface area contributed by atoms with Crippen LogP contribution in [0.5, 0.6) is 0 Å². The predicted molar refractivity (Wildman–Crippen MR) is 110 cm³/mol. The fourth-order valence-corrected chi connectivity index (χ4v) is 3.73. The number of aryl methyl sites for hydroxylation is 4.